The predicted molar refractivity (Wildman–Crippen MR) is 174 cm³/mol. The summed E-state index contributed by atoms with van der Waals surface area (Å²) < 4.78 is 20.9. The first-order valence-electron chi connectivity index (χ1n) is 14.9. The Labute approximate surface area is 274 Å². The number of fused-ring (bicyclic) bond motifs is 1. The number of nitrogens with one attached hydrogen (secondary N) is 2. The largest absolute Gasteiger partial charge is 0.390 e. The second-order valence-corrected chi connectivity index (χ2v) is 12.3. The Balaban J connectivity index is 1.22. The maximum Gasteiger partial charge on any atom is 0.141 e. The van der Waals surface area contributed by atoms with E-state index in [0.29, 0.717) is 64.5 Å². The highest BCUT2D eigenvalue weighted by Crippen LogP contribution is 2.37. The van der Waals surface area contributed by atoms with E-state index in [-0.39, 0.29) is 16.6 Å². The third-order valence-corrected chi connectivity index (χ3v) is 9.13. The molecule has 234 valence electrons. The molecule has 4 heterocycles. The van der Waals surface area contributed by atoms with Crippen molar-refractivity contribution in [3.63, 3.8) is 0 Å². The average molecular weight is 660 g/mol. The van der Waals surface area contributed by atoms with Crippen LogP contribution in [-0.4, -0.2) is 68.4 Å². The summed E-state index contributed by atoms with van der Waals surface area (Å²) in [6.07, 6.45) is 3.48. The molecule has 7 rings (SSSR count). The lowest BCUT2D eigenvalue weighted by Gasteiger charge is -2.43. The van der Waals surface area contributed by atoms with Crippen molar-refractivity contribution in [3.8, 4) is 6.07 Å². The van der Waals surface area contributed by atoms with Crippen molar-refractivity contribution < 1.29 is 14.2 Å². The molecule has 3 atom stereocenters. The molecule has 2 aromatic heterocycles. The number of benzene rings is 3. The standard InChI is InChI=1S/C33H29Cl2FN8O2/c34-25-11-21(6-7-27(25)36)39-31-20(13-37)14-38-33-24(31)10-22(12-26(33)35)40-32(19-4-2-1-3-5-19)28-15-44(42-41-28)29-8-9-43(16-30(29)45)23-17-46-18-23/h1-7,10-12,14-15,23,29-30,32,40,45H,8-9,16-18H2,(H,38,39)/t29-,30-,32+/m1/s1. The number of hydrogen-bond acceptors (Lipinski definition) is 9. The van der Waals surface area contributed by atoms with Crippen molar-refractivity contribution in [2.45, 2.75) is 30.7 Å². The summed E-state index contributed by atoms with van der Waals surface area (Å²) in [5.74, 6) is -0.547. The van der Waals surface area contributed by atoms with Crippen molar-refractivity contribution in [2.24, 2.45) is 0 Å². The van der Waals surface area contributed by atoms with E-state index in [9.17, 15) is 14.8 Å². The van der Waals surface area contributed by atoms with Gasteiger partial charge in [-0.1, -0.05) is 58.7 Å². The Bertz CT molecular complexity index is 1930. The average Bonchev–Trinajstić information content (AvgIpc) is 3.51. The Hall–Kier alpha value is -4.31. The van der Waals surface area contributed by atoms with Crippen molar-refractivity contribution in [3.05, 3.63) is 106 Å². The maximum atomic E-state index is 13.9. The molecule has 0 aliphatic carbocycles. The lowest BCUT2D eigenvalue weighted by Crippen LogP contribution is -2.55. The molecule has 3 N–H and O–H groups in total. The molecule has 0 amide bonds. The van der Waals surface area contributed by atoms with E-state index in [1.807, 2.05) is 42.6 Å². The number of ether oxygens (including phenoxy) is 1. The number of anilines is 3. The van der Waals surface area contributed by atoms with E-state index in [2.05, 4.69) is 36.9 Å². The number of halogens is 3. The van der Waals surface area contributed by atoms with Crippen LogP contribution >= 0.6 is 23.2 Å². The van der Waals surface area contributed by atoms with Crippen LogP contribution in [0.15, 0.2) is 73.1 Å². The van der Waals surface area contributed by atoms with E-state index in [1.54, 1.807) is 10.7 Å². The molecule has 2 saturated heterocycles. The molecule has 2 fully saturated rings. The highest BCUT2D eigenvalue weighted by Gasteiger charge is 2.36. The molecular formula is C33H29Cl2FN8O2. The van der Waals surface area contributed by atoms with Crippen molar-refractivity contribution >= 4 is 51.2 Å². The lowest BCUT2D eigenvalue weighted by molar-refractivity contribution is -0.0947. The van der Waals surface area contributed by atoms with Crippen LogP contribution in [0.4, 0.5) is 21.5 Å². The summed E-state index contributed by atoms with van der Waals surface area (Å²) in [7, 11) is 0. The Morgan fingerprint density at radius 3 is 2.59 bits per heavy atom. The second-order valence-electron chi connectivity index (χ2n) is 11.5. The Morgan fingerprint density at radius 1 is 1.07 bits per heavy atom. The van der Waals surface area contributed by atoms with Crippen LogP contribution in [-0.2, 0) is 4.74 Å². The third kappa shape index (κ3) is 5.98. The maximum absolute atomic E-state index is 13.9. The lowest BCUT2D eigenvalue weighted by atomic mass is 9.99. The zero-order valence-corrected chi connectivity index (χ0v) is 26.0. The predicted octanol–water partition coefficient (Wildman–Crippen LogP) is 6.10. The fourth-order valence-electron chi connectivity index (χ4n) is 6.02. The van der Waals surface area contributed by atoms with Gasteiger partial charge in [0.25, 0.3) is 0 Å². The smallest absolute Gasteiger partial charge is 0.141 e. The van der Waals surface area contributed by atoms with Gasteiger partial charge in [-0.25, -0.2) is 9.07 Å². The minimum Gasteiger partial charge on any atom is -0.390 e. The summed E-state index contributed by atoms with van der Waals surface area (Å²) in [5, 5.41) is 37.6. The molecule has 0 unspecified atom stereocenters. The topological polar surface area (TPSA) is 124 Å². The molecule has 5 aromatic rings. The van der Waals surface area contributed by atoms with E-state index < -0.39 is 18.0 Å². The van der Waals surface area contributed by atoms with Gasteiger partial charge in [-0.05, 0) is 42.3 Å². The van der Waals surface area contributed by atoms with Crippen LogP contribution < -0.4 is 10.6 Å². The van der Waals surface area contributed by atoms with E-state index in [4.69, 9.17) is 27.9 Å². The number of β-amino-alcohol motifs (C(OH)–C–C–N with tert-alkyl or cyclic N) is 1. The normalized spacial score (nSPS) is 19.4. The summed E-state index contributed by atoms with van der Waals surface area (Å²) in [6.45, 7) is 2.82. The molecule has 13 heteroatoms. The van der Waals surface area contributed by atoms with Crippen LogP contribution in [0.2, 0.25) is 10.0 Å². The second kappa shape index (κ2) is 12.8. The van der Waals surface area contributed by atoms with E-state index in [1.165, 1.54) is 24.4 Å². The summed E-state index contributed by atoms with van der Waals surface area (Å²) in [6, 6.07) is 19.6. The number of nitrogens with zero attached hydrogens (tertiary/aromatic N) is 6. The summed E-state index contributed by atoms with van der Waals surface area (Å²) in [5.41, 5.74) is 3.96. The van der Waals surface area contributed by atoms with Gasteiger partial charge in [0.1, 0.15) is 17.6 Å². The van der Waals surface area contributed by atoms with Gasteiger partial charge in [-0.15, -0.1) is 5.10 Å². The monoisotopic (exact) mass is 658 g/mol. The van der Waals surface area contributed by atoms with Crippen LogP contribution in [0, 0.1) is 17.1 Å². The van der Waals surface area contributed by atoms with Gasteiger partial charge in [0.05, 0.1) is 70.5 Å². The Morgan fingerprint density at radius 2 is 1.87 bits per heavy atom. The molecule has 3 aromatic carbocycles. The molecule has 0 bridgehead atoms. The SMILES string of the molecule is N#Cc1cnc2c(Cl)cc(N[C@@H](c3ccccc3)c3cn([C@@H]4CCN(C5COC5)C[C@H]4O)nn3)cc2c1Nc1ccc(F)c(Cl)c1. The van der Waals surface area contributed by atoms with Gasteiger partial charge < -0.3 is 20.5 Å². The zero-order chi connectivity index (χ0) is 31.8. The van der Waals surface area contributed by atoms with Crippen LogP contribution in [0.5, 0.6) is 0 Å². The van der Waals surface area contributed by atoms with Crippen molar-refractivity contribution in [1.29, 1.82) is 5.26 Å². The van der Waals surface area contributed by atoms with Gasteiger partial charge in [-0.3, -0.25) is 9.88 Å². The van der Waals surface area contributed by atoms with Crippen LogP contribution in [0.25, 0.3) is 10.9 Å². The highest BCUT2D eigenvalue weighted by atomic mass is 35.5. The Kier molecular flexibility index (Phi) is 8.46. The van der Waals surface area contributed by atoms with Gasteiger partial charge >= 0.3 is 0 Å². The number of nitriles is 1. The fraction of sp³-hybridized carbons (Fsp3) is 0.273. The molecule has 0 radical (unpaired) electrons. The number of piperidine rings is 1. The number of aliphatic hydroxyl groups excluding tert-OH is 1. The minimum absolute atomic E-state index is 0.0490. The number of aliphatic hydroxyl groups is 1. The van der Waals surface area contributed by atoms with Crippen molar-refractivity contribution in [1.82, 2.24) is 24.9 Å². The van der Waals surface area contributed by atoms with Gasteiger partial charge in [0.15, 0.2) is 0 Å². The number of likely N-dealkylation sites (tertiary alicyclic amines) is 1. The number of rotatable bonds is 8. The van der Waals surface area contributed by atoms with Crippen LogP contribution in [0.3, 0.4) is 0 Å². The molecule has 0 saturated carbocycles. The fourth-order valence-corrected chi connectivity index (χ4v) is 6.47. The molecule has 0 spiro atoms. The molecular weight excluding hydrogens is 630 g/mol. The molecule has 46 heavy (non-hydrogen) atoms. The molecule has 2 aliphatic heterocycles. The van der Waals surface area contributed by atoms with E-state index in [0.717, 1.165) is 18.5 Å². The van der Waals surface area contributed by atoms with Crippen LogP contribution in [0.1, 0.15) is 35.3 Å². The first-order chi connectivity index (χ1) is 22.4. The first-order valence-corrected chi connectivity index (χ1v) is 15.6. The minimum atomic E-state index is -0.588. The first kappa shape index (κ1) is 30.3. The third-order valence-electron chi connectivity index (χ3n) is 8.56. The zero-order valence-electron chi connectivity index (χ0n) is 24.4. The number of hydrogen-bond donors (Lipinski definition) is 3. The summed E-state index contributed by atoms with van der Waals surface area (Å²) >= 11 is 12.8. The van der Waals surface area contributed by atoms with Gasteiger partial charge in [0, 0.05) is 36.0 Å². The van der Waals surface area contributed by atoms with Gasteiger partial charge in [0.2, 0.25) is 0 Å². The highest BCUT2D eigenvalue weighted by molar-refractivity contribution is 6.36. The van der Waals surface area contributed by atoms with E-state index >= 15 is 0 Å². The van der Waals surface area contributed by atoms with Gasteiger partial charge in [-0.2, -0.15) is 5.26 Å². The van der Waals surface area contributed by atoms with Crippen molar-refractivity contribution in [2.75, 3.05) is 36.9 Å². The quantitative estimate of drug-likeness (QED) is 0.181. The summed E-state index contributed by atoms with van der Waals surface area (Å²) in [4.78, 5) is 6.72. The molecule has 10 nitrogen and oxygen atoms in total. The molecule has 2 aliphatic rings. The number of aromatic nitrogens is 4. The number of pyridine rings is 1.